The molecule has 0 aliphatic carbocycles. The molecule has 0 fully saturated rings. The quantitative estimate of drug-likeness (QED) is 0.774. The molecule has 0 aliphatic rings. The van der Waals surface area contributed by atoms with Crippen LogP contribution < -0.4 is 5.32 Å². The molecular formula is C18H20Cl2N2O. The zero-order valence-electron chi connectivity index (χ0n) is 13.1. The normalized spacial score (nSPS) is 10.8. The summed E-state index contributed by atoms with van der Waals surface area (Å²) in [6.45, 7) is 4.53. The molecule has 0 aromatic heterocycles. The summed E-state index contributed by atoms with van der Waals surface area (Å²) in [6.07, 6.45) is 0.421. The van der Waals surface area contributed by atoms with E-state index < -0.39 is 0 Å². The molecule has 0 saturated carbocycles. The monoisotopic (exact) mass is 350 g/mol. The van der Waals surface area contributed by atoms with Crippen molar-refractivity contribution in [2.24, 2.45) is 0 Å². The van der Waals surface area contributed by atoms with Crippen LogP contribution in [0.25, 0.3) is 0 Å². The Labute approximate surface area is 147 Å². The third kappa shape index (κ3) is 6.22. The lowest BCUT2D eigenvalue weighted by atomic mass is 10.2. The summed E-state index contributed by atoms with van der Waals surface area (Å²) in [7, 11) is 0. The van der Waals surface area contributed by atoms with Gasteiger partial charge in [-0.05, 0) is 30.3 Å². The fourth-order valence-corrected chi connectivity index (χ4v) is 2.83. The molecule has 122 valence electrons. The number of carbonyl (C=O) groups is 1. The zero-order chi connectivity index (χ0) is 16.7. The number of anilines is 1. The Morgan fingerprint density at radius 1 is 1.09 bits per heavy atom. The topological polar surface area (TPSA) is 32.3 Å². The summed E-state index contributed by atoms with van der Waals surface area (Å²) in [4.78, 5) is 14.3. The molecule has 3 nitrogen and oxygen atoms in total. The number of carbonyl (C=O) groups excluding carboxylic acids is 1. The fraction of sp³-hybridized carbons (Fsp3) is 0.278. The van der Waals surface area contributed by atoms with Crippen LogP contribution in [-0.2, 0) is 11.3 Å². The van der Waals surface area contributed by atoms with E-state index in [9.17, 15) is 4.79 Å². The van der Waals surface area contributed by atoms with E-state index in [1.807, 2.05) is 18.2 Å². The van der Waals surface area contributed by atoms with E-state index in [2.05, 4.69) is 29.3 Å². The van der Waals surface area contributed by atoms with Gasteiger partial charge in [-0.15, -0.1) is 0 Å². The molecule has 5 heteroatoms. The van der Waals surface area contributed by atoms with Crippen LogP contribution >= 0.6 is 23.2 Å². The molecule has 23 heavy (non-hydrogen) atoms. The summed E-state index contributed by atoms with van der Waals surface area (Å²) in [5.74, 6) is -0.0464. The summed E-state index contributed by atoms with van der Waals surface area (Å²) in [6, 6.07) is 15.3. The second-order valence-electron chi connectivity index (χ2n) is 5.31. The number of amides is 1. The summed E-state index contributed by atoms with van der Waals surface area (Å²) in [5, 5.41) is 3.85. The maximum absolute atomic E-state index is 12.1. The zero-order valence-corrected chi connectivity index (χ0v) is 14.6. The van der Waals surface area contributed by atoms with Crippen LogP contribution in [0, 0.1) is 0 Å². The molecule has 0 aliphatic heterocycles. The Kier molecular flexibility index (Phi) is 6.90. The van der Waals surface area contributed by atoms with Gasteiger partial charge in [-0.3, -0.25) is 9.69 Å². The first-order valence-electron chi connectivity index (χ1n) is 7.59. The molecule has 0 unspecified atom stereocenters. The predicted molar refractivity (Wildman–Crippen MR) is 97.1 cm³/mol. The van der Waals surface area contributed by atoms with Gasteiger partial charge in [0.1, 0.15) is 0 Å². The van der Waals surface area contributed by atoms with Crippen molar-refractivity contribution >= 4 is 34.8 Å². The minimum Gasteiger partial charge on any atom is -0.326 e. The average Bonchev–Trinajstić information content (AvgIpc) is 2.51. The van der Waals surface area contributed by atoms with Crippen LogP contribution in [0.1, 0.15) is 18.9 Å². The minimum absolute atomic E-state index is 0.0464. The van der Waals surface area contributed by atoms with E-state index in [0.717, 1.165) is 13.1 Å². The Morgan fingerprint density at radius 3 is 2.35 bits per heavy atom. The van der Waals surface area contributed by atoms with Crippen LogP contribution in [0.2, 0.25) is 10.0 Å². The smallest absolute Gasteiger partial charge is 0.225 e. The summed E-state index contributed by atoms with van der Waals surface area (Å²) >= 11 is 11.9. The first-order valence-corrected chi connectivity index (χ1v) is 8.34. The maximum Gasteiger partial charge on any atom is 0.225 e. The number of benzene rings is 2. The van der Waals surface area contributed by atoms with Gasteiger partial charge in [-0.1, -0.05) is 60.5 Å². The highest BCUT2D eigenvalue weighted by atomic mass is 35.5. The van der Waals surface area contributed by atoms with Crippen LogP contribution in [0.4, 0.5) is 5.69 Å². The predicted octanol–water partition coefficient (Wildman–Crippen LogP) is 4.84. The van der Waals surface area contributed by atoms with Gasteiger partial charge in [0.25, 0.3) is 0 Å². The highest BCUT2D eigenvalue weighted by Crippen LogP contribution is 2.22. The lowest BCUT2D eigenvalue weighted by Gasteiger charge is -2.20. The molecule has 0 radical (unpaired) electrons. The summed E-state index contributed by atoms with van der Waals surface area (Å²) in [5.41, 5.74) is 1.87. The molecular weight excluding hydrogens is 331 g/mol. The number of nitrogens with one attached hydrogen (secondary N) is 1. The number of halogens is 2. The van der Waals surface area contributed by atoms with Crippen molar-refractivity contribution in [2.75, 3.05) is 18.4 Å². The second kappa shape index (κ2) is 8.92. The third-order valence-electron chi connectivity index (χ3n) is 3.50. The van der Waals surface area contributed by atoms with Crippen molar-refractivity contribution in [1.82, 2.24) is 4.90 Å². The van der Waals surface area contributed by atoms with Crippen molar-refractivity contribution in [2.45, 2.75) is 19.9 Å². The number of nitrogens with zero attached hydrogens (tertiary/aromatic N) is 1. The first-order chi connectivity index (χ1) is 11.1. The Balaban J connectivity index is 1.84. The van der Waals surface area contributed by atoms with Crippen LogP contribution in [0.3, 0.4) is 0 Å². The molecule has 1 N–H and O–H groups in total. The van der Waals surface area contributed by atoms with Gasteiger partial charge in [0.15, 0.2) is 0 Å². The van der Waals surface area contributed by atoms with Crippen molar-refractivity contribution in [1.29, 1.82) is 0 Å². The molecule has 1 amide bonds. The Morgan fingerprint density at radius 2 is 1.74 bits per heavy atom. The lowest BCUT2D eigenvalue weighted by Crippen LogP contribution is -2.27. The molecule has 2 rings (SSSR count). The van der Waals surface area contributed by atoms with E-state index in [1.54, 1.807) is 18.2 Å². The van der Waals surface area contributed by atoms with Gasteiger partial charge < -0.3 is 5.32 Å². The van der Waals surface area contributed by atoms with Gasteiger partial charge in [0, 0.05) is 35.2 Å². The first kappa shape index (κ1) is 17.8. The molecule has 0 bridgehead atoms. The third-order valence-corrected chi connectivity index (χ3v) is 3.93. The largest absolute Gasteiger partial charge is 0.326 e. The van der Waals surface area contributed by atoms with Crippen LogP contribution in [-0.4, -0.2) is 23.9 Å². The van der Waals surface area contributed by atoms with E-state index in [4.69, 9.17) is 23.2 Å². The molecule has 0 heterocycles. The molecule has 0 saturated heterocycles. The van der Waals surface area contributed by atoms with E-state index in [0.29, 0.717) is 28.7 Å². The van der Waals surface area contributed by atoms with Crippen molar-refractivity contribution in [3.05, 3.63) is 64.1 Å². The molecule has 2 aromatic rings. The van der Waals surface area contributed by atoms with Gasteiger partial charge in [-0.2, -0.15) is 0 Å². The molecule has 0 atom stereocenters. The van der Waals surface area contributed by atoms with Gasteiger partial charge in [-0.25, -0.2) is 0 Å². The Hall–Kier alpha value is -1.55. The van der Waals surface area contributed by atoms with Crippen molar-refractivity contribution in [3.8, 4) is 0 Å². The molecule has 0 spiro atoms. The van der Waals surface area contributed by atoms with Crippen LogP contribution in [0.15, 0.2) is 48.5 Å². The molecule has 2 aromatic carbocycles. The summed E-state index contributed by atoms with van der Waals surface area (Å²) < 4.78 is 0. The Bertz CT molecular complexity index is 626. The fourth-order valence-electron chi connectivity index (χ4n) is 2.30. The average molecular weight is 351 g/mol. The van der Waals surface area contributed by atoms with Crippen LogP contribution in [0.5, 0.6) is 0 Å². The number of hydrogen-bond acceptors (Lipinski definition) is 2. The van der Waals surface area contributed by atoms with Gasteiger partial charge in [0.2, 0.25) is 5.91 Å². The van der Waals surface area contributed by atoms with E-state index >= 15 is 0 Å². The van der Waals surface area contributed by atoms with Gasteiger partial charge in [0.05, 0.1) is 0 Å². The van der Waals surface area contributed by atoms with Crippen molar-refractivity contribution < 1.29 is 4.79 Å². The highest BCUT2D eigenvalue weighted by Gasteiger charge is 2.08. The second-order valence-corrected chi connectivity index (χ2v) is 6.18. The van der Waals surface area contributed by atoms with Crippen molar-refractivity contribution in [3.63, 3.8) is 0 Å². The number of hydrogen-bond donors (Lipinski definition) is 1. The number of rotatable bonds is 7. The standard InChI is InChI=1S/C18H20Cl2N2O/c1-2-22(13-14-6-4-3-5-7-14)9-8-18(23)21-17-11-15(19)10-16(20)12-17/h3-7,10-12H,2,8-9,13H2,1H3,(H,21,23). The minimum atomic E-state index is -0.0464. The highest BCUT2D eigenvalue weighted by molar-refractivity contribution is 6.35. The lowest BCUT2D eigenvalue weighted by molar-refractivity contribution is -0.116. The van der Waals surface area contributed by atoms with E-state index in [-0.39, 0.29) is 5.91 Å². The maximum atomic E-state index is 12.1. The SMILES string of the molecule is CCN(CCC(=O)Nc1cc(Cl)cc(Cl)c1)Cc1ccccc1. The van der Waals surface area contributed by atoms with E-state index in [1.165, 1.54) is 5.56 Å². The van der Waals surface area contributed by atoms with Gasteiger partial charge >= 0.3 is 0 Å².